The van der Waals surface area contributed by atoms with Crippen molar-refractivity contribution in [1.29, 1.82) is 0 Å². The average Bonchev–Trinajstić information content (AvgIpc) is 2.71. The first-order valence-corrected chi connectivity index (χ1v) is 5.77. The summed E-state index contributed by atoms with van der Waals surface area (Å²) in [5.74, 6) is 1.31. The molecule has 0 aliphatic heterocycles. The zero-order chi connectivity index (χ0) is 13.1. The van der Waals surface area contributed by atoms with Gasteiger partial charge in [0.1, 0.15) is 11.6 Å². The first kappa shape index (κ1) is 12.5. The maximum atomic E-state index is 11.5. The molecule has 0 amide bonds. The molecule has 98 valence electrons. The second kappa shape index (κ2) is 5.15. The van der Waals surface area contributed by atoms with E-state index in [1.54, 1.807) is 13.0 Å². The molecule has 0 aliphatic carbocycles. The molecule has 0 saturated heterocycles. The summed E-state index contributed by atoms with van der Waals surface area (Å²) in [5, 5.41) is 6.34. The van der Waals surface area contributed by atoms with Gasteiger partial charge in [-0.05, 0) is 6.92 Å². The number of nitrogens with zero attached hydrogens (tertiary/aromatic N) is 4. The smallest absolute Gasteiger partial charge is 0.349 e. The van der Waals surface area contributed by atoms with Gasteiger partial charge in [0.25, 0.3) is 0 Å². The van der Waals surface area contributed by atoms with Crippen LogP contribution >= 0.6 is 0 Å². The summed E-state index contributed by atoms with van der Waals surface area (Å²) in [4.78, 5) is 17.9. The maximum absolute atomic E-state index is 11.5. The van der Waals surface area contributed by atoms with Gasteiger partial charge in [0.15, 0.2) is 5.65 Å². The summed E-state index contributed by atoms with van der Waals surface area (Å²) in [6, 6.07) is 1.75. The SMILES string of the molecule is Cc1nc(N(CCN)CCN)cc2n[nH]c(=O)n12. The number of aromatic amines is 1. The average molecular weight is 251 g/mol. The van der Waals surface area contributed by atoms with Gasteiger partial charge in [0.05, 0.1) is 0 Å². The Labute approximate surface area is 104 Å². The molecule has 0 bridgehead atoms. The molecule has 8 heteroatoms. The third kappa shape index (κ3) is 2.20. The third-order valence-electron chi connectivity index (χ3n) is 2.68. The van der Waals surface area contributed by atoms with Crippen LogP contribution in [0, 0.1) is 6.92 Å². The van der Waals surface area contributed by atoms with Crippen molar-refractivity contribution in [3.63, 3.8) is 0 Å². The van der Waals surface area contributed by atoms with E-state index in [0.29, 0.717) is 37.7 Å². The standard InChI is InChI=1S/C10H17N7O/c1-7-13-8(16(4-2-11)5-3-12)6-9-14-15-10(18)17(7)9/h6H,2-5,11-12H2,1H3,(H,15,18). The number of anilines is 1. The largest absolute Gasteiger partial charge is 0.354 e. The highest BCUT2D eigenvalue weighted by Crippen LogP contribution is 2.12. The summed E-state index contributed by atoms with van der Waals surface area (Å²) in [7, 11) is 0. The Morgan fingerprint density at radius 2 is 2.06 bits per heavy atom. The Balaban J connectivity index is 2.47. The van der Waals surface area contributed by atoms with Crippen LogP contribution in [-0.2, 0) is 0 Å². The highest BCUT2D eigenvalue weighted by Gasteiger charge is 2.11. The molecule has 8 nitrogen and oxygen atoms in total. The number of hydrogen-bond acceptors (Lipinski definition) is 6. The van der Waals surface area contributed by atoms with Gasteiger partial charge < -0.3 is 16.4 Å². The summed E-state index contributed by atoms with van der Waals surface area (Å²) in [5.41, 5.74) is 11.4. The van der Waals surface area contributed by atoms with Gasteiger partial charge in [-0.2, -0.15) is 5.10 Å². The Hall–Kier alpha value is -1.93. The maximum Gasteiger partial charge on any atom is 0.349 e. The summed E-state index contributed by atoms with van der Waals surface area (Å²) in [6.45, 7) is 4.11. The molecule has 0 atom stereocenters. The quantitative estimate of drug-likeness (QED) is 0.592. The summed E-state index contributed by atoms with van der Waals surface area (Å²) < 4.78 is 1.42. The van der Waals surface area contributed by atoms with Crippen LogP contribution in [0.15, 0.2) is 10.9 Å². The van der Waals surface area contributed by atoms with E-state index in [9.17, 15) is 4.79 Å². The molecule has 0 aliphatic rings. The van der Waals surface area contributed by atoms with Crippen LogP contribution in [0.5, 0.6) is 0 Å². The highest BCUT2D eigenvalue weighted by atomic mass is 16.1. The van der Waals surface area contributed by atoms with Crippen molar-refractivity contribution < 1.29 is 0 Å². The second-order valence-electron chi connectivity index (χ2n) is 3.95. The minimum Gasteiger partial charge on any atom is -0.354 e. The first-order valence-electron chi connectivity index (χ1n) is 5.77. The van der Waals surface area contributed by atoms with Crippen LogP contribution in [0.3, 0.4) is 0 Å². The van der Waals surface area contributed by atoms with E-state index in [0.717, 1.165) is 5.82 Å². The van der Waals surface area contributed by atoms with Gasteiger partial charge in [0, 0.05) is 32.2 Å². The molecule has 0 saturated carbocycles. The van der Waals surface area contributed by atoms with Crippen molar-refractivity contribution in [2.24, 2.45) is 11.5 Å². The third-order valence-corrected chi connectivity index (χ3v) is 2.68. The second-order valence-corrected chi connectivity index (χ2v) is 3.95. The lowest BCUT2D eigenvalue weighted by atomic mass is 10.4. The van der Waals surface area contributed by atoms with E-state index in [2.05, 4.69) is 15.2 Å². The van der Waals surface area contributed by atoms with Crippen molar-refractivity contribution in [2.75, 3.05) is 31.1 Å². The van der Waals surface area contributed by atoms with Crippen LogP contribution in [0.4, 0.5) is 5.82 Å². The normalized spacial score (nSPS) is 11.1. The van der Waals surface area contributed by atoms with Crippen LogP contribution in [0.25, 0.3) is 5.65 Å². The zero-order valence-electron chi connectivity index (χ0n) is 10.3. The summed E-state index contributed by atoms with van der Waals surface area (Å²) in [6.07, 6.45) is 0. The molecular formula is C10H17N7O. The Morgan fingerprint density at radius 3 is 2.67 bits per heavy atom. The fraction of sp³-hybridized carbons (Fsp3) is 0.500. The predicted molar refractivity (Wildman–Crippen MR) is 68.7 cm³/mol. The van der Waals surface area contributed by atoms with Gasteiger partial charge in [-0.15, -0.1) is 0 Å². The van der Waals surface area contributed by atoms with Gasteiger partial charge in [-0.3, -0.25) is 0 Å². The number of rotatable bonds is 5. The topological polar surface area (TPSA) is 118 Å². The number of aryl methyl sites for hydroxylation is 1. The van der Waals surface area contributed by atoms with Crippen LogP contribution in [0.2, 0.25) is 0 Å². The van der Waals surface area contributed by atoms with Gasteiger partial charge in [-0.25, -0.2) is 19.3 Å². The molecule has 0 aromatic carbocycles. The fourth-order valence-corrected chi connectivity index (χ4v) is 1.90. The molecule has 2 aromatic rings. The van der Waals surface area contributed by atoms with E-state index in [1.165, 1.54) is 4.40 Å². The number of H-pyrrole nitrogens is 1. The molecule has 0 radical (unpaired) electrons. The van der Waals surface area contributed by atoms with Crippen molar-refractivity contribution in [2.45, 2.75) is 6.92 Å². The lowest BCUT2D eigenvalue weighted by Crippen LogP contribution is -2.34. The van der Waals surface area contributed by atoms with E-state index >= 15 is 0 Å². The van der Waals surface area contributed by atoms with Gasteiger partial charge in [0.2, 0.25) is 0 Å². The lowest BCUT2D eigenvalue weighted by molar-refractivity contribution is 0.762. The fourth-order valence-electron chi connectivity index (χ4n) is 1.90. The van der Waals surface area contributed by atoms with Gasteiger partial charge >= 0.3 is 5.69 Å². The Bertz CT molecular complexity index is 581. The number of aromatic nitrogens is 4. The monoisotopic (exact) mass is 251 g/mol. The van der Waals surface area contributed by atoms with E-state index in [-0.39, 0.29) is 5.69 Å². The number of nitrogens with two attached hydrogens (primary N) is 2. The molecule has 5 N–H and O–H groups in total. The molecule has 2 heterocycles. The minimum atomic E-state index is -0.286. The Kier molecular flexibility index (Phi) is 3.58. The summed E-state index contributed by atoms with van der Waals surface area (Å²) >= 11 is 0. The zero-order valence-corrected chi connectivity index (χ0v) is 10.3. The van der Waals surface area contributed by atoms with Crippen molar-refractivity contribution in [3.05, 3.63) is 22.4 Å². The minimum absolute atomic E-state index is 0.286. The molecule has 2 rings (SSSR count). The number of nitrogens with one attached hydrogen (secondary N) is 1. The van der Waals surface area contributed by atoms with Gasteiger partial charge in [-0.1, -0.05) is 0 Å². The Morgan fingerprint density at radius 1 is 1.39 bits per heavy atom. The van der Waals surface area contributed by atoms with E-state index in [1.807, 2.05) is 4.90 Å². The number of fused-ring (bicyclic) bond motifs is 1. The molecule has 0 fully saturated rings. The van der Waals surface area contributed by atoms with E-state index < -0.39 is 0 Å². The van der Waals surface area contributed by atoms with Crippen molar-refractivity contribution in [3.8, 4) is 0 Å². The van der Waals surface area contributed by atoms with Crippen LogP contribution < -0.4 is 22.1 Å². The highest BCUT2D eigenvalue weighted by molar-refractivity contribution is 5.51. The first-order chi connectivity index (χ1) is 8.67. The van der Waals surface area contributed by atoms with Crippen molar-refractivity contribution in [1.82, 2.24) is 19.6 Å². The number of hydrogen-bond donors (Lipinski definition) is 3. The molecular weight excluding hydrogens is 234 g/mol. The molecule has 0 spiro atoms. The molecule has 18 heavy (non-hydrogen) atoms. The molecule has 0 unspecified atom stereocenters. The van der Waals surface area contributed by atoms with Crippen LogP contribution in [-0.4, -0.2) is 45.8 Å². The molecule has 2 aromatic heterocycles. The van der Waals surface area contributed by atoms with Crippen LogP contribution in [0.1, 0.15) is 5.82 Å². The lowest BCUT2D eigenvalue weighted by Gasteiger charge is -2.22. The van der Waals surface area contributed by atoms with Crippen molar-refractivity contribution >= 4 is 11.5 Å². The van der Waals surface area contributed by atoms with E-state index in [4.69, 9.17) is 11.5 Å². The predicted octanol–water partition coefficient (Wildman–Crippen LogP) is -1.55.